The Morgan fingerprint density at radius 1 is 1.24 bits per heavy atom. The zero-order valence-corrected chi connectivity index (χ0v) is 13.5. The number of sulfonamides is 1. The highest BCUT2D eigenvalue weighted by molar-refractivity contribution is 9.10. The first-order valence-corrected chi connectivity index (χ1v) is 8.29. The van der Waals surface area contributed by atoms with Crippen molar-refractivity contribution in [2.75, 3.05) is 4.72 Å². The fraction of sp³-hybridized carbons (Fsp3) is 0.143. The van der Waals surface area contributed by atoms with Gasteiger partial charge in [0.25, 0.3) is 10.0 Å². The average molecular weight is 374 g/mol. The van der Waals surface area contributed by atoms with Gasteiger partial charge in [0.1, 0.15) is 10.7 Å². The maximum atomic E-state index is 13.8. The number of anilines is 1. The summed E-state index contributed by atoms with van der Waals surface area (Å²) in [6.45, 7) is 1.50. The summed E-state index contributed by atoms with van der Waals surface area (Å²) < 4.78 is 41.2. The third kappa shape index (κ3) is 3.61. The van der Waals surface area contributed by atoms with E-state index < -0.39 is 20.7 Å². The van der Waals surface area contributed by atoms with Crippen LogP contribution in [0.5, 0.6) is 0 Å². The summed E-state index contributed by atoms with van der Waals surface area (Å²) in [5.41, 5.74) is 1.59. The van der Waals surface area contributed by atoms with Crippen LogP contribution in [0.1, 0.15) is 11.1 Å². The average Bonchev–Trinajstić information content (AvgIpc) is 2.42. The van der Waals surface area contributed by atoms with Crippen LogP contribution in [0.25, 0.3) is 0 Å². The lowest BCUT2D eigenvalue weighted by Crippen LogP contribution is -2.15. The molecule has 0 aliphatic heterocycles. The third-order valence-corrected chi connectivity index (χ3v) is 4.87. The normalized spacial score (nSPS) is 11.4. The molecule has 0 spiro atoms. The third-order valence-electron chi connectivity index (χ3n) is 2.84. The fourth-order valence-corrected chi connectivity index (χ4v) is 3.69. The van der Waals surface area contributed by atoms with E-state index in [-0.39, 0.29) is 6.61 Å². The molecular weight excluding hydrogens is 361 g/mol. The first-order valence-electron chi connectivity index (χ1n) is 6.02. The molecule has 2 aromatic carbocycles. The van der Waals surface area contributed by atoms with Gasteiger partial charge >= 0.3 is 0 Å². The highest BCUT2D eigenvalue weighted by atomic mass is 79.9. The van der Waals surface area contributed by atoms with E-state index >= 15 is 0 Å². The summed E-state index contributed by atoms with van der Waals surface area (Å²) in [6.07, 6.45) is 0. The second-order valence-electron chi connectivity index (χ2n) is 4.51. The van der Waals surface area contributed by atoms with Crippen LogP contribution in [0.2, 0.25) is 0 Å². The van der Waals surface area contributed by atoms with Crippen LogP contribution >= 0.6 is 15.9 Å². The Bertz CT molecular complexity index is 778. The summed E-state index contributed by atoms with van der Waals surface area (Å²) in [4.78, 5) is -0.499. The van der Waals surface area contributed by atoms with E-state index in [1.54, 1.807) is 18.2 Å². The molecule has 0 bridgehead atoms. The van der Waals surface area contributed by atoms with Crippen molar-refractivity contribution in [3.8, 4) is 0 Å². The fourth-order valence-electron chi connectivity index (χ4n) is 1.75. The molecule has 0 amide bonds. The van der Waals surface area contributed by atoms with E-state index in [4.69, 9.17) is 5.11 Å². The minimum Gasteiger partial charge on any atom is -0.392 e. The molecule has 4 nitrogen and oxygen atoms in total. The van der Waals surface area contributed by atoms with Crippen molar-refractivity contribution in [2.45, 2.75) is 18.4 Å². The van der Waals surface area contributed by atoms with Crippen molar-refractivity contribution >= 4 is 31.6 Å². The van der Waals surface area contributed by atoms with Crippen LogP contribution in [0.15, 0.2) is 45.8 Å². The predicted octanol–water partition coefficient (Wildman–Crippen LogP) is 3.19. The van der Waals surface area contributed by atoms with E-state index in [0.29, 0.717) is 15.7 Å². The zero-order chi connectivity index (χ0) is 15.6. The number of aliphatic hydroxyl groups is 1. The van der Waals surface area contributed by atoms with Crippen molar-refractivity contribution in [2.24, 2.45) is 0 Å². The monoisotopic (exact) mass is 373 g/mol. The van der Waals surface area contributed by atoms with Gasteiger partial charge in [-0.1, -0.05) is 12.1 Å². The Balaban J connectivity index is 2.43. The number of nitrogens with one attached hydrogen (secondary N) is 1. The maximum absolute atomic E-state index is 13.8. The van der Waals surface area contributed by atoms with Gasteiger partial charge < -0.3 is 5.11 Å². The molecule has 0 unspecified atom stereocenters. The van der Waals surface area contributed by atoms with Gasteiger partial charge in [0.2, 0.25) is 0 Å². The van der Waals surface area contributed by atoms with Crippen LogP contribution in [0.3, 0.4) is 0 Å². The predicted molar refractivity (Wildman–Crippen MR) is 82.0 cm³/mol. The van der Waals surface area contributed by atoms with E-state index in [1.807, 2.05) is 6.92 Å². The van der Waals surface area contributed by atoms with Crippen LogP contribution in [0, 0.1) is 12.7 Å². The molecule has 0 aromatic heterocycles. The van der Waals surface area contributed by atoms with Crippen LogP contribution in [-0.2, 0) is 16.6 Å². The Hall–Kier alpha value is -1.44. The van der Waals surface area contributed by atoms with Crippen molar-refractivity contribution in [1.82, 2.24) is 0 Å². The van der Waals surface area contributed by atoms with Gasteiger partial charge in [-0.2, -0.15) is 0 Å². The molecule has 112 valence electrons. The minimum absolute atomic E-state index is 0.314. The zero-order valence-electron chi connectivity index (χ0n) is 11.1. The number of benzene rings is 2. The first kappa shape index (κ1) is 15.9. The van der Waals surface area contributed by atoms with Crippen molar-refractivity contribution in [3.05, 3.63) is 57.8 Å². The van der Waals surface area contributed by atoms with E-state index in [9.17, 15) is 12.8 Å². The molecule has 0 heterocycles. The van der Waals surface area contributed by atoms with Gasteiger partial charge in [-0.25, -0.2) is 12.8 Å². The van der Waals surface area contributed by atoms with Gasteiger partial charge in [-0.05, 0) is 58.2 Å². The smallest absolute Gasteiger partial charge is 0.264 e. The molecule has 2 N–H and O–H groups in total. The minimum atomic E-state index is -4.08. The van der Waals surface area contributed by atoms with Crippen molar-refractivity contribution < 1.29 is 17.9 Å². The molecule has 0 saturated carbocycles. The number of hydrogen-bond donors (Lipinski definition) is 2. The molecule has 21 heavy (non-hydrogen) atoms. The maximum Gasteiger partial charge on any atom is 0.264 e. The van der Waals surface area contributed by atoms with Crippen molar-refractivity contribution in [1.29, 1.82) is 0 Å². The first-order chi connectivity index (χ1) is 9.83. The van der Waals surface area contributed by atoms with Gasteiger partial charge in [-0.3, -0.25) is 4.72 Å². The number of aryl methyl sites for hydroxylation is 1. The second kappa shape index (κ2) is 6.13. The Morgan fingerprint density at radius 2 is 1.95 bits per heavy atom. The highest BCUT2D eigenvalue weighted by Gasteiger charge is 2.20. The second-order valence-corrected chi connectivity index (χ2v) is 7.02. The lowest BCUT2D eigenvalue weighted by molar-refractivity contribution is 0.281. The quantitative estimate of drug-likeness (QED) is 0.864. The van der Waals surface area contributed by atoms with Crippen LogP contribution in [0.4, 0.5) is 10.1 Å². The number of halogens is 2. The van der Waals surface area contributed by atoms with Crippen LogP contribution < -0.4 is 4.72 Å². The molecule has 0 atom stereocenters. The summed E-state index contributed by atoms with van der Waals surface area (Å²) in [7, 11) is -4.08. The van der Waals surface area contributed by atoms with Crippen molar-refractivity contribution in [3.63, 3.8) is 0 Å². The Labute approximate surface area is 130 Å². The molecule has 0 radical (unpaired) electrons. The van der Waals surface area contributed by atoms with E-state index in [2.05, 4.69) is 20.7 Å². The molecule has 7 heteroatoms. The lowest BCUT2D eigenvalue weighted by Gasteiger charge is -2.11. The largest absolute Gasteiger partial charge is 0.392 e. The van der Waals surface area contributed by atoms with E-state index in [1.165, 1.54) is 6.07 Å². The van der Waals surface area contributed by atoms with Gasteiger partial charge in [0, 0.05) is 4.47 Å². The molecule has 0 aliphatic rings. The summed E-state index contributed by atoms with van der Waals surface area (Å²) in [5, 5.41) is 9.04. The standard InChI is InChI=1S/C14H13BrFNO3S/c1-9-2-5-13(11(15)6-9)17-21(19,20)14-7-10(8-18)3-4-12(14)16/h2-7,17-18H,8H2,1H3. The SMILES string of the molecule is Cc1ccc(NS(=O)(=O)c2cc(CO)ccc2F)c(Br)c1. The van der Waals surface area contributed by atoms with E-state index in [0.717, 1.165) is 17.7 Å². The molecule has 0 saturated heterocycles. The molecule has 2 aromatic rings. The summed E-state index contributed by atoms with van der Waals surface area (Å²) in [5.74, 6) is -0.872. The summed E-state index contributed by atoms with van der Waals surface area (Å²) >= 11 is 3.26. The molecule has 0 aliphatic carbocycles. The number of rotatable bonds is 4. The topological polar surface area (TPSA) is 66.4 Å². The van der Waals surface area contributed by atoms with Gasteiger partial charge in [0.05, 0.1) is 12.3 Å². The Kier molecular flexibility index (Phi) is 4.65. The lowest BCUT2D eigenvalue weighted by atomic mass is 10.2. The summed E-state index contributed by atoms with van der Waals surface area (Å²) in [6, 6.07) is 8.53. The number of hydrogen-bond acceptors (Lipinski definition) is 3. The van der Waals surface area contributed by atoms with Gasteiger partial charge in [0.15, 0.2) is 0 Å². The molecular formula is C14H13BrFNO3S. The van der Waals surface area contributed by atoms with Gasteiger partial charge in [-0.15, -0.1) is 0 Å². The number of aliphatic hydroxyl groups excluding tert-OH is 1. The molecule has 2 rings (SSSR count). The Morgan fingerprint density at radius 3 is 2.57 bits per heavy atom. The highest BCUT2D eigenvalue weighted by Crippen LogP contribution is 2.27. The van der Waals surface area contributed by atoms with Crippen LogP contribution in [-0.4, -0.2) is 13.5 Å². The molecule has 0 fully saturated rings.